The van der Waals surface area contributed by atoms with Gasteiger partial charge in [-0.15, -0.1) is 4.37 Å². The Bertz CT molecular complexity index is 691. The molecule has 1 aliphatic rings. The fraction of sp³-hybridized carbons (Fsp3) is 0.783. The van der Waals surface area contributed by atoms with Crippen molar-refractivity contribution in [2.45, 2.75) is 84.8 Å². The molecule has 0 saturated carbocycles. The highest BCUT2D eigenvalue weighted by Crippen LogP contribution is 2.34. The molecule has 0 aliphatic carbocycles. The van der Waals surface area contributed by atoms with Gasteiger partial charge in [0.25, 0.3) is 5.88 Å². The number of rotatable bonds is 13. The van der Waals surface area contributed by atoms with Gasteiger partial charge in [0.05, 0.1) is 43.6 Å². The maximum absolute atomic E-state index is 12.2. The summed E-state index contributed by atoms with van der Waals surface area (Å²) in [4.78, 5) is 12.2. The van der Waals surface area contributed by atoms with Crippen molar-refractivity contribution in [2.24, 2.45) is 11.8 Å². The van der Waals surface area contributed by atoms with Crippen molar-refractivity contribution < 1.29 is 24.1 Å². The Morgan fingerprint density at radius 3 is 2.77 bits per heavy atom. The van der Waals surface area contributed by atoms with Gasteiger partial charge in [-0.1, -0.05) is 53.0 Å². The zero-order valence-electron chi connectivity index (χ0n) is 19.3. The first-order chi connectivity index (χ1) is 15.0. The van der Waals surface area contributed by atoms with E-state index in [0.717, 1.165) is 42.3 Å². The third kappa shape index (κ3) is 7.84. The van der Waals surface area contributed by atoms with Crippen LogP contribution >= 0.6 is 11.7 Å². The van der Waals surface area contributed by atoms with E-state index in [1.807, 2.05) is 20.8 Å². The summed E-state index contributed by atoms with van der Waals surface area (Å²) in [5, 5.41) is 10.1. The molecule has 1 N–H and O–H groups in total. The molecule has 3 unspecified atom stereocenters. The molecule has 0 fully saturated rings. The Hall–Kier alpha value is -1.51. The second-order valence-corrected chi connectivity index (χ2v) is 8.87. The Morgan fingerprint density at radius 1 is 1.29 bits per heavy atom. The van der Waals surface area contributed by atoms with Gasteiger partial charge in [-0.05, 0) is 24.8 Å². The van der Waals surface area contributed by atoms with Gasteiger partial charge >= 0.3 is 5.97 Å². The van der Waals surface area contributed by atoms with Crippen molar-refractivity contribution in [3.8, 4) is 5.88 Å². The van der Waals surface area contributed by atoms with Crippen LogP contribution in [0, 0.1) is 11.8 Å². The largest absolute Gasteiger partial charge is 0.475 e. The number of hydrogen-bond donors (Lipinski definition) is 1. The van der Waals surface area contributed by atoms with Crippen molar-refractivity contribution in [1.29, 1.82) is 0 Å². The van der Waals surface area contributed by atoms with Crippen molar-refractivity contribution in [3.63, 3.8) is 0 Å². The summed E-state index contributed by atoms with van der Waals surface area (Å²) in [5.74, 6) is -0.194. The van der Waals surface area contributed by atoms with Crippen LogP contribution in [0.3, 0.4) is 0 Å². The average Bonchev–Trinajstić information content (AvgIpc) is 3.09. The lowest BCUT2D eigenvalue weighted by atomic mass is 9.89. The number of esters is 1. The van der Waals surface area contributed by atoms with Gasteiger partial charge in [0.1, 0.15) is 11.8 Å². The molecule has 0 amide bonds. The SMILES string of the molecule is CCCCCCOc1nsnc1C1=CCCOC(C(CO)C(CC)OC(=O)C(C)C)C1. The molecule has 0 saturated heterocycles. The molecule has 31 heavy (non-hydrogen) atoms. The van der Waals surface area contributed by atoms with E-state index in [-0.39, 0.29) is 30.5 Å². The van der Waals surface area contributed by atoms with Gasteiger partial charge in [-0.3, -0.25) is 4.79 Å². The van der Waals surface area contributed by atoms with Crippen LogP contribution in [-0.2, 0) is 14.3 Å². The van der Waals surface area contributed by atoms with Crippen molar-refractivity contribution in [1.82, 2.24) is 8.75 Å². The molecule has 1 aromatic rings. The lowest BCUT2D eigenvalue weighted by molar-refractivity contribution is -0.161. The van der Waals surface area contributed by atoms with E-state index in [1.54, 1.807) is 0 Å². The molecule has 1 aliphatic heterocycles. The molecule has 0 aromatic carbocycles. The second kappa shape index (κ2) is 13.8. The number of aliphatic hydroxyl groups is 1. The summed E-state index contributed by atoms with van der Waals surface area (Å²) in [6.45, 7) is 8.84. The van der Waals surface area contributed by atoms with Crippen LogP contribution in [0.25, 0.3) is 5.57 Å². The maximum Gasteiger partial charge on any atom is 0.308 e. The highest BCUT2D eigenvalue weighted by Gasteiger charge is 2.34. The molecule has 0 radical (unpaired) electrons. The molecule has 3 atom stereocenters. The molecular weight excluding hydrogens is 416 g/mol. The van der Waals surface area contributed by atoms with E-state index >= 15 is 0 Å². The number of hydrogen-bond acceptors (Lipinski definition) is 8. The Balaban J connectivity index is 2.08. The zero-order valence-corrected chi connectivity index (χ0v) is 20.2. The van der Waals surface area contributed by atoms with E-state index < -0.39 is 6.10 Å². The first-order valence-corrected chi connectivity index (χ1v) is 12.3. The van der Waals surface area contributed by atoms with E-state index in [1.165, 1.54) is 12.8 Å². The Kier molecular flexibility index (Phi) is 11.5. The molecule has 0 spiro atoms. The maximum atomic E-state index is 12.2. The van der Waals surface area contributed by atoms with Gasteiger partial charge in [0, 0.05) is 12.3 Å². The first kappa shape index (κ1) is 25.7. The minimum Gasteiger partial charge on any atom is -0.475 e. The summed E-state index contributed by atoms with van der Waals surface area (Å²) in [7, 11) is 0. The second-order valence-electron chi connectivity index (χ2n) is 8.34. The predicted octanol–water partition coefficient (Wildman–Crippen LogP) is 4.65. The zero-order chi connectivity index (χ0) is 22.6. The lowest BCUT2D eigenvalue weighted by Gasteiger charge is -2.31. The monoisotopic (exact) mass is 454 g/mol. The number of aliphatic hydroxyl groups excluding tert-OH is 1. The highest BCUT2D eigenvalue weighted by atomic mass is 32.1. The fourth-order valence-corrected chi connectivity index (χ4v) is 4.21. The summed E-state index contributed by atoms with van der Waals surface area (Å²) >= 11 is 1.15. The van der Waals surface area contributed by atoms with Crippen LogP contribution in [-0.4, -0.2) is 51.9 Å². The summed E-state index contributed by atoms with van der Waals surface area (Å²) in [6, 6.07) is 0. The summed E-state index contributed by atoms with van der Waals surface area (Å²) < 4.78 is 26.5. The third-order valence-electron chi connectivity index (χ3n) is 5.57. The summed E-state index contributed by atoms with van der Waals surface area (Å²) in [5.41, 5.74) is 1.78. The van der Waals surface area contributed by atoms with Crippen molar-refractivity contribution in [2.75, 3.05) is 19.8 Å². The minimum atomic E-state index is -0.396. The molecule has 2 rings (SSSR count). The van der Waals surface area contributed by atoms with E-state index in [4.69, 9.17) is 14.2 Å². The van der Waals surface area contributed by atoms with Crippen LogP contribution in [0.5, 0.6) is 5.88 Å². The third-order valence-corrected chi connectivity index (χ3v) is 6.08. The summed E-state index contributed by atoms with van der Waals surface area (Å²) in [6.07, 6.45) is 7.93. The molecule has 1 aromatic heterocycles. The molecule has 7 nitrogen and oxygen atoms in total. The molecule has 8 heteroatoms. The minimum absolute atomic E-state index is 0.113. The van der Waals surface area contributed by atoms with Crippen molar-refractivity contribution in [3.05, 3.63) is 11.8 Å². The van der Waals surface area contributed by atoms with Crippen molar-refractivity contribution >= 4 is 23.3 Å². The Labute approximate surface area is 190 Å². The van der Waals surface area contributed by atoms with Gasteiger partial charge < -0.3 is 19.3 Å². The number of nitrogens with zero attached hydrogens (tertiary/aromatic N) is 2. The highest BCUT2D eigenvalue weighted by molar-refractivity contribution is 6.99. The van der Waals surface area contributed by atoms with Gasteiger partial charge in [-0.2, -0.15) is 4.37 Å². The average molecular weight is 455 g/mol. The van der Waals surface area contributed by atoms with Crippen LogP contribution in [0.4, 0.5) is 0 Å². The number of unbranched alkanes of at least 4 members (excludes halogenated alkanes) is 3. The van der Waals surface area contributed by atoms with Crippen LogP contribution < -0.4 is 4.74 Å². The lowest BCUT2D eigenvalue weighted by Crippen LogP contribution is -2.39. The quantitative estimate of drug-likeness (QED) is 0.343. The number of ether oxygens (including phenoxy) is 3. The van der Waals surface area contributed by atoms with Gasteiger partial charge in [0.15, 0.2) is 0 Å². The molecule has 2 heterocycles. The van der Waals surface area contributed by atoms with Gasteiger partial charge in [-0.25, -0.2) is 0 Å². The van der Waals surface area contributed by atoms with E-state index in [0.29, 0.717) is 31.9 Å². The smallest absolute Gasteiger partial charge is 0.308 e. The number of carbonyl (C=O) groups is 1. The normalized spacial score (nSPS) is 18.9. The molecular formula is C23H38N2O5S. The first-order valence-electron chi connectivity index (χ1n) is 11.6. The van der Waals surface area contributed by atoms with E-state index in [2.05, 4.69) is 21.7 Å². The van der Waals surface area contributed by atoms with Crippen LogP contribution in [0.15, 0.2) is 6.08 Å². The van der Waals surface area contributed by atoms with E-state index in [9.17, 15) is 9.90 Å². The number of aromatic nitrogens is 2. The van der Waals surface area contributed by atoms with Gasteiger partial charge in [0.2, 0.25) is 0 Å². The van der Waals surface area contributed by atoms with Crippen LogP contribution in [0.2, 0.25) is 0 Å². The predicted molar refractivity (Wildman–Crippen MR) is 122 cm³/mol. The Morgan fingerprint density at radius 2 is 2.10 bits per heavy atom. The number of carbonyl (C=O) groups excluding carboxylic acids is 1. The van der Waals surface area contributed by atoms with Crippen LogP contribution in [0.1, 0.15) is 78.3 Å². The fourth-order valence-electron chi connectivity index (χ4n) is 3.68. The topological polar surface area (TPSA) is 90.8 Å². The molecule has 0 bridgehead atoms. The molecule has 176 valence electrons. The standard InChI is InChI=1S/C23H38N2O5S/c1-5-7-8-9-12-29-22-21(24-31-25-22)17-11-10-13-28-20(14-17)18(15-26)19(6-2)30-23(27)16(3)4/h11,16,18-20,26H,5-10,12-15H2,1-4H3.